The largest absolute Gasteiger partial charge is 0.507 e. The predicted molar refractivity (Wildman–Crippen MR) is 114 cm³/mol. The van der Waals surface area contributed by atoms with Crippen LogP contribution in [0.1, 0.15) is 22.7 Å². The molecule has 1 heterocycles. The van der Waals surface area contributed by atoms with Crippen LogP contribution in [0.3, 0.4) is 0 Å². The van der Waals surface area contributed by atoms with Gasteiger partial charge in [-0.05, 0) is 61.0 Å². The van der Waals surface area contributed by atoms with Gasteiger partial charge in [0.2, 0.25) is 0 Å². The first-order valence-corrected chi connectivity index (χ1v) is 9.63. The van der Waals surface area contributed by atoms with Crippen LogP contribution in [0.4, 0.5) is 10.1 Å². The number of aliphatic hydroxyl groups is 1. The van der Waals surface area contributed by atoms with Crippen molar-refractivity contribution in [3.8, 4) is 0 Å². The zero-order chi connectivity index (χ0) is 21.4. The molecule has 1 aliphatic heterocycles. The van der Waals surface area contributed by atoms with Crippen molar-refractivity contribution >= 4 is 34.7 Å². The lowest BCUT2D eigenvalue weighted by molar-refractivity contribution is -0.132. The second-order valence-electron chi connectivity index (χ2n) is 7.06. The molecule has 1 fully saturated rings. The molecule has 3 aromatic rings. The third-order valence-electron chi connectivity index (χ3n) is 5.06. The lowest BCUT2D eigenvalue weighted by Crippen LogP contribution is -2.29. The van der Waals surface area contributed by atoms with Crippen LogP contribution in [-0.4, -0.2) is 16.8 Å². The summed E-state index contributed by atoms with van der Waals surface area (Å²) in [5, 5.41) is 11.4. The highest BCUT2D eigenvalue weighted by atomic mass is 35.5. The topological polar surface area (TPSA) is 57.6 Å². The Morgan fingerprint density at radius 3 is 2.13 bits per heavy atom. The summed E-state index contributed by atoms with van der Waals surface area (Å²) < 4.78 is 13.5. The highest BCUT2D eigenvalue weighted by Gasteiger charge is 2.46. The van der Waals surface area contributed by atoms with Crippen LogP contribution in [0.15, 0.2) is 78.4 Å². The highest BCUT2D eigenvalue weighted by molar-refractivity contribution is 6.51. The number of benzene rings is 3. The number of nitrogens with zero attached hydrogens (tertiary/aromatic N) is 1. The Bertz CT molecular complexity index is 1150. The molecule has 0 aromatic heterocycles. The van der Waals surface area contributed by atoms with Crippen molar-refractivity contribution in [2.45, 2.75) is 13.0 Å². The van der Waals surface area contributed by atoms with Gasteiger partial charge in [-0.25, -0.2) is 4.39 Å². The van der Waals surface area contributed by atoms with Crippen LogP contribution >= 0.6 is 11.6 Å². The maximum atomic E-state index is 13.5. The van der Waals surface area contributed by atoms with E-state index < -0.39 is 23.5 Å². The quantitative estimate of drug-likeness (QED) is 0.349. The van der Waals surface area contributed by atoms with Crippen molar-refractivity contribution in [2.75, 3.05) is 4.90 Å². The molecule has 30 heavy (non-hydrogen) atoms. The van der Waals surface area contributed by atoms with Gasteiger partial charge in [0.1, 0.15) is 11.6 Å². The van der Waals surface area contributed by atoms with Crippen molar-refractivity contribution in [1.29, 1.82) is 0 Å². The van der Waals surface area contributed by atoms with Gasteiger partial charge in [-0.2, -0.15) is 0 Å². The van der Waals surface area contributed by atoms with E-state index in [4.69, 9.17) is 11.6 Å². The lowest BCUT2D eigenvalue weighted by atomic mass is 9.95. The van der Waals surface area contributed by atoms with Crippen LogP contribution in [-0.2, 0) is 9.59 Å². The minimum Gasteiger partial charge on any atom is -0.507 e. The number of Topliss-reactive ketones (excluding diaryl/α,β-unsaturated/α-hetero) is 1. The average Bonchev–Trinajstić information content (AvgIpc) is 3.00. The first kappa shape index (κ1) is 19.9. The van der Waals surface area contributed by atoms with Crippen LogP contribution < -0.4 is 4.90 Å². The number of rotatable bonds is 3. The van der Waals surface area contributed by atoms with Crippen molar-refractivity contribution < 1.29 is 19.1 Å². The van der Waals surface area contributed by atoms with Crippen LogP contribution in [0, 0.1) is 12.7 Å². The molecule has 0 bridgehead atoms. The van der Waals surface area contributed by atoms with Crippen molar-refractivity contribution in [3.63, 3.8) is 0 Å². The Hall–Kier alpha value is -3.44. The number of carbonyl (C=O) groups is 2. The molecule has 0 radical (unpaired) electrons. The van der Waals surface area contributed by atoms with Crippen molar-refractivity contribution in [2.24, 2.45) is 0 Å². The minimum atomic E-state index is -0.899. The molecule has 0 spiro atoms. The molecule has 0 saturated carbocycles. The minimum absolute atomic E-state index is 0.0606. The van der Waals surface area contributed by atoms with Crippen molar-refractivity contribution in [3.05, 3.63) is 106 Å². The Balaban J connectivity index is 1.93. The van der Waals surface area contributed by atoms with E-state index in [1.165, 1.54) is 29.2 Å². The van der Waals surface area contributed by atoms with Gasteiger partial charge in [0.05, 0.1) is 11.6 Å². The lowest BCUT2D eigenvalue weighted by Gasteiger charge is -2.25. The molecule has 3 aromatic carbocycles. The monoisotopic (exact) mass is 421 g/mol. The van der Waals surface area contributed by atoms with E-state index in [-0.39, 0.29) is 11.3 Å². The molecule has 0 unspecified atom stereocenters. The third kappa shape index (κ3) is 3.48. The molecule has 6 heteroatoms. The van der Waals surface area contributed by atoms with Gasteiger partial charge >= 0.3 is 0 Å². The molecule has 1 saturated heterocycles. The molecule has 4 rings (SSSR count). The number of amides is 1. The summed E-state index contributed by atoms with van der Waals surface area (Å²) in [6.07, 6.45) is 0. The number of ketones is 1. The van der Waals surface area contributed by atoms with E-state index in [1.807, 2.05) is 19.1 Å². The molecule has 150 valence electrons. The summed E-state index contributed by atoms with van der Waals surface area (Å²) in [6.45, 7) is 1.91. The molecule has 1 atom stereocenters. The van der Waals surface area contributed by atoms with E-state index >= 15 is 0 Å². The molecule has 4 nitrogen and oxygen atoms in total. The maximum absolute atomic E-state index is 13.5. The van der Waals surface area contributed by atoms with E-state index in [0.29, 0.717) is 21.8 Å². The highest BCUT2D eigenvalue weighted by Crippen LogP contribution is 2.42. The Kier molecular flexibility index (Phi) is 5.14. The first-order valence-electron chi connectivity index (χ1n) is 9.26. The average molecular weight is 422 g/mol. The molecular formula is C24H17ClFNO3. The van der Waals surface area contributed by atoms with E-state index in [0.717, 1.165) is 5.56 Å². The van der Waals surface area contributed by atoms with E-state index in [9.17, 15) is 19.1 Å². The SMILES string of the molecule is Cc1ccc(N2C(=O)C(=O)C(=C(O)c3ccc(Cl)cc3)[C@H]2c2ccc(F)cc2)cc1. The second kappa shape index (κ2) is 7.76. The van der Waals surface area contributed by atoms with E-state index in [2.05, 4.69) is 0 Å². The summed E-state index contributed by atoms with van der Waals surface area (Å²) in [5.74, 6) is -2.32. The summed E-state index contributed by atoms with van der Waals surface area (Å²) in [4.78, 5) is 27.3. The summed E-state index contributed by atoms with van der Waals surface area (Å²) in [5.41, 5.74) is 2.30. The third-order valence-corrected chi connectivity index (χ3v) is 5.31. The summed E-state index contributed by atoms with van der Waals surface area (Å²) in [7, 11) is 0. The Labute approximate surface area is 177 Å². The summed E-state index contributed by atoms with van der Waals surface area (Å²) >= 11 is 5.92. The van der Waals surface area contributed by atoms with Gasteiger partial charge in [0.15, 0.2) is 0 Å². The normalized spacial score (nSPS) is 18.1. The van der Waals surface area contributed by atoms with Crippen LogP contribution in [0.2, 0.25) is 5.02 Å². The van der Waals surface area contributed by atoms with Gasteiger partial charge in [0, 0.05) is 16.3 Å². The number of aryl methyl sites for hydroxylation is 1. The van der Waals surface area contributed by atoms with Crippen LogP contribution in [0.25, 0.3) is 5.76 Å². The molecule has 1 amide bonds. The summed E-state index contributed by atoms with van der Waals surface area (Å²) in [6, 6.07) is 18.0. The van der Waals surface area contributed by atoms with Gasteiger partial charge in [-0.15, -0.1) is 0 Å². The fourth-order valence-electron chi connectivity index (χ4n) is 3.53. The number of halogens is 2. The maximum Gasteiger partial charge on any atom is 0.300 e. The van der Waals surface area contributed by atoms with Gasteiger partial charge in [0.25, 0.3) is 11.7 Å². The van der Waals surface area contributed by atoms with E-state index in [1.54, 1.807) is 36.4 Å². The standard InChI is InChI=1S/C24H17ClFNO3/c1-14-2-12-19(13-3-14)27-21(15-6-10-18(26)11-7-15)20(23(29)24(27)30)22(28)16-4-8-17(25)9-5-16/h2-13,21,28H,1H3/t21-/m1/s1. The Morgan fingerprint density at radius 2 is 1.53 bits per heavy atom. The molecular weight excluding hydrogens is 405 g/mol. The first-order chi connectivity index (χ1) is 14.4. The number of hydrogen-bond donors (Lipinski definition) is 1. The zero-order valence-electron chi connectivity index (χ0n) is 16.0. The predicted octanol–water partition coefficient (Wildman–Crippen LogP) is 5.41. The number of carbonyl (C=O) groups excluding carboxylic acids is 2. The zero-order valence-corrected chi connectivity index (χ0v) is 16.7. The molecule has 0 aliphatic carbocycles. The van der Waals surface area contributed by atoms with Gasteiger partial charge in [-0.3, -0.25) is 14.5 Å². The number of aliphatic hydroxyl groups excluding tert-OH is 1. The van der Waals surface area contributed by atoms with Crippen molar-refractivity contribution in [1.82, 2.24) is 0 Å². The number of anilines is 1. The molecule has 1 N–H and O–H groups in total. The van der Waals surface area contributed by atoms with Gasteiger partial charge in [-0.1, -0.05) is 41.4 Å². The Morgan fingerprint density at radius 1 is 0.933 bits per heavy atom. The smallest absolute Gasteiger partial charge is 0.300 e. The fraction of sp³-hybridized carbons (Fsp3) is 0.0833. The number of hydrogen-bond acceptors (Lipinski definition) is 3. The fourth-order valence-corrected chi connectivity index (χ4v) is 3.65. The van der Waals surface area contributed by atoms with Gasteiger partial charge < -0.3 is 5.11 Å². The van der Waals surface area contributed by atoms with Crippen LogP contribution in [0.5, 0.6) is 0 Å². The second-order valence-corrected chi connectivity index (χ2v) is 7.50. The molecule has 1 aliphatic rings.